The van der Waals surface area contributed by atoms with Gasteiger partial charge in [-0.3, -0.25) is 9.80 Å². The zero-order valence-electron chi connectivity index (χ0n) is 20.0. The van der Waals surface area contributed by atoms with Gasteiger partial charge < -0.3 is 18.8 Å². The van der Waals surface area contributed by atoms with Crippen molar-refractivity contribution in [1.29, 1.82) is 0 Å². The van der Waals surface area contributed by atoms with E-state index in [9.17, 15) is 4.79 Å². The Morgan fingerprint density at radius 3 is 2.61 bits per heavy atom. The number of furan rings is 1. The molecule has 1 aromatic carbocycles. The number of rotatable bonds is 5. The predicted molar refractivity (Wildman–Crippen MR) is 125 cm³/mol. The van der Waals surface area contributed by atoms with Gasteiger partial charge in [-0.15, -0.1) is 0 Å². The molecule has 33 heavy (non-hydrogen) atoms. The van der Waals surface area contributed by atoms with Gasteiger partial charge >= 0.3 is 6.03 Å². The quantitative estimate of drug-likeness (QED) is 0.666. The first kappa shape index (κ1) is 21.9. The Kier molecular flexibility index (Phi) is 5.60. The highest BCUT2D eigenvalue weighted by Gasteiger charge is 2.54. The Hall–Kier alpha value is -2.93. The molecule has 5 rings (SSSR count). The summed E-state index contributed by atoms with van der Waals surface area (Å²) in [6, 6.07) is 6.12. The highest BCUT2D eigenvalue weighted by Crippen LogP contribution is 2.49. The number of methoxy groups -OCH3 is 2. The number of carbonyl (C=O) groups is 1. The molecule has 3 aliphatic rings. The summed E-state index contributed by atoms with van der Waals surface area (Å²) in [4.78, 5) is 20.2. The summed E-state index contributed by atoms with van der Waals surface area (Å²) >= 11 is 0. The molecular formula is C26H33N3O4. The van der Waals surface area contributed by atoms with Gasteiger partial charge in [-0.05, 0) is 37.5 Å². The minimum absolute atomic E-state index is 0.105. The number of fused-ring (bicyclic) bond motifs is 3. The lowest BCUT2D eigenvalue weighted by atomic mass is 9.82. The number of likely N-dealkylation sites (N-methyl/N-ethyl adjacent to an activating group) is 1. The van der Waals surface area contributed by atoms with Gasteiger partial charge in [0.25, 0.3) is 0 Å². The first-order valence-electron chi connectivity index (χ1n) is 11.8. The first-order chi connectivity index (χ1) is 16.0. The van der Waals surface area contributed by atoms with Crippen molar-refractivity contribution in [2.45, 2.75) is 51.2 Å². The second-order valence-electron chi connectivity index (χ2n) is 9.30. The predicted octanol–water partition coefficient (Wildman–Crippen LogP) is 4.59. The van der Waals surface area contributed by atoms with Gasteiger partial charge in [0.05, 0.1) is 38.8 Å². The number of allylic oxidation sites excluding steroid dienone is 1. The minimum Gasteiger partial charge on any atom is -0.497 e. The van der Waals surface area contributed by atoms with E-state index >= 15 is 0 Å². The van der Waals surface area contributed by atoms with Gasteiger partial charge in [0.15, 0.2) is 0 Å². The van der Waals surface area contributed by atoms with Crippen LogP contribution in [0.1, 0.15) is 49.3 Å². The number of likely N-dealkylation sites (tertiary alicyclic amines) is 1. The van der Waals surface area contributed by atoms with E-state index in [4.69, 9.17) is 13.9 Å². The van der Waals surface area contributed by atoms with Crippen molar-refractivity contribution >= 4 is 6.03 Å². The van der Waals surface area contributed by atoms with E-state index in [0.717, 1.165) is 60.8 Å². The molecule has 0 aliphatic carbocycles. The lowest BCUT2D eigenvalue weighted by Gasteiger charge is -2.44. The third kappa shape index (κ3) is 3.50. The van der Waals surface area contributed by atoms with Crippen molar-refractivity contribution in [1.82, 2.24) is 14.7 Å². The SMILES string of the molecule is CCN1C(=O)N2Cc3cc(OC)cc(OC)c3C(C)C=C2C12CCN(Cc1ccoc1)CC2. The topological polar surface area (TPSA) is 58.4 Å². The van der Waals surface area contributed by atoms with Crippen LogP contribution in [-0.2, 0) is 13.1 Å². The van der Waals surface area contributed by atoms with Gasteiger partial charge in [-0.2, -0.15) is 0 Å². The third-order valence-corrected chi connectivity index (χ3v) is 7.58. The molecule has 1 atom stereocenters. The van der Waals surface area contributed by atoms with Crippen LogP contribution in [0, 0.1) is 0 Å². The molecule has 1 unspecified atom stereocenters. The maximum Gasteiger partial charge on any atom is 0.325 e. The number of carbonyl (C=O) groups excluding carboxylic acids is 1. The number of hydrogen-bond donors (Lipinski definition) is 0. The molecular weight excluding hydrogens is 418 g/mol. The van der Waals surface area contributed by atoms with E-state index in [1.54, 1.807) is 20.5 Å². The summed E-state index contributed by atoms with van der Waals surface area (Å²) in [5, 5.41) is 0. The Bertz CT molecular complexity index is 1050. The summed E-state index contributed by atoms with van der Waals surface area (Å²) in [6.07, 6.45) is 7.70. The molecule has 7 heteroatoms. The Morgan fingerprint density at radius 1 is 1.18 bits per heavy atom. The number of nitrogens with zero attached hydrogens (tertiary/aromatic N) is 3. The maximum atomic E-state index is 13.7. The van der Waals surface area contributed by atoms with Crippen molar-refractivity contribution < 1.29 is 18.7 Å². The minimum atomic E-state index is -0.258. The molecule has 4 heterocycles. The molecule has 2 aromatic rings. The van der Waals surface area contributed by atoms with Crippen molar-refractivity contribution in [3.8, 4) is 11.5 Å². The van der Waals surface area contributed by atoms with E-state index in [0.29, 0.717) is 13.1 Å². The van der Waals surface area contributed by atoms with Gasteiger partial charge in [0.1, 0.15) is 11.5 Å². The van der Waals surface area contributed by atoms with Crippen LogP contribution in [0.3, 0.4) is 0 Å². The van der Waals surface area contributed by atoms with Gasteiger partial charge in [-0.25, -0.2) is 4.79 Å². The van der Waals surface area contributed by atoms with Crippen LogP contribution in [0.5, 0.6) is 11.5 Å². The zero-order valence-corrected chi connectivity index (χ0v) is 20.0. The van der Waals surface area contributed by atoms with Gasteiger partial charge in [0, 0.05) is 55.0 Å². The Labute approximate surface area is 195 Å². The van der Waals surface area contributed by atoms with E-state index in [1.807, 2.05) is 29.4 Å². The van der Waals surface area contributed by atoms with E-state index in [-0.39, 0.29) is 17.5 Å². The van der Waals surface area contributed by atoms with Crippen molar-refractivity contribution in [3.05, 3.63) is 59.2 Å². The molecule has 0 N–H and O–H groups in total. The number of piperidine rings is 1. The smallest absolute Gasteiger partial charge is 0.325 e. The summed E-state index contributed by atoms with van der Waals surface area (Å²) < 4.78 is 16.5. The van der Waals surface area contributed by atoms with Gasteiger partial charge in [0.2, 0.25) is 0 Å². The maximum absolute atomic E-state index is 13.7. The van der Waals surface area contributed by atoms with Crippen LogP contribution in [-0.4, -0.2) is 60.1 Å². The molecule has 0 radical (unpaired) electrons. The summed E-state index contributed by atoms with van der Waals surface area (Å²) in [5.41, 5.74) is 4.32. The van der Waals surface area contributed by atoms with E-state index in [1.165, 1.54) is 5.56 Å². The van der Waals surface area contributed by atoms with Crippen LogP contribution < -0.4 is 9.47 Å². The number of ether oxygens (including phenoxy) is 2. The average molecular weight is 452 g/mol. The molecule has 2 amide bonds. The molecule has 2 fully saturated rings. The van der Waals surface area contributed by atoms with Crippen molar-refractivity contribution in [2.24, 2.45) is 0 Å². The fourth-order valence-corrected chi connectivity index (χ4v) is 5.99. The Morgan fingerprint density at radius 2 is 1.97 bits per heavy atom. The highest BCUT2D eigenvalue weighted by molar-refractivity contribution is 5.83. The summed E-state index contributed by atoms with van der Waals surface area (Å²) in [5.74, 6) is 1.70. The third-order valence-electron chi connectivity index (χ3n) is 7.58. The fourth-order valence-electron chi connectivity index (χ4n) is 5.99. The van der Waals surface area contributed by atoms with Crippen LogP contribution in [0.2, 0.25) is 0 Å². The van der Waals surface area contributed by atoms with Crippen LogP contribution >= 0.6 is 0 Å². The molecule has 1 spiro atoms. The summed E-state index contributed by atoms with van der Waals surface area (Å²) in [7, 11) is 3.36. The standard InChI is InChI=1S/C26H33N3O4/c1-5-29-25(30)28-16-20-13-21(31-3)14-22(32-4)24(20)18(2)12-23(28)26(29)7-9-27(10-8-26)15-19-6-11-33-17-19/h6,11-14,17-18H,5,7-10,15-16H2,1-4H3. The van der Waals surface area contributed by atoms with Crippen LogP contribution in [0.25, 0.3) is 0 Å². The molecule has 2 saturated heterocycles. The molecule has 176 valence electrons. The van der Waals surface area contributed by atoms with Gasteiger partial charge in [-0.1, -0.05) is 13.0 Å². The van der Waals surface area contributed by atoms with Crippen LogP contribution in [0.15, 0.2) is 46.9 Å². The second kappa shape index (κ2) is 8.45. The van der Waals surface area contributed by atoms with E-state index in [2.05, 4.69) is 29.7 Å². The monoisotopic (exact) mass is 451 g/mol. The lowest BCUT2D eigenvalue weighted by molar-refractivity contribution is 0.0887. The Balaban J connectivity index is 1.49. The van der Waals surface area contributed by atoms with Crippen molar-refractivity contribution in [3.63, 3.8) is 0 Å². The fraction of sp³-hybridized carbons (Fsp3) is 0.500. The second-order valence-corrected chi connectivity index (χ2v) is 9.30. The highest BCUT2D eigenvalue weighted by atomic mass is 16.5. The normalized spacial score (nSPS) is 22.1. The number of amides is 2. The molecule has 7 nitrogen and oxygen atoms in total. The zero-order chi connectivity index (χ0) is 23.2. The summed E-state index contributed by atoms with van der Waals surface area (Å²) in [6.45, 7) is 8.30. The molecule has 0 bridgehead atoms. The number of urea groups is 1. The van der Waals surface area contributed by atoms with Crippen molar-refractivity contribution in [2.75, 3.05) is 33.9 Å². The average Bonchev–Trinajstić information content (AvgIpc) is 3.36. The molecule has 3 aliphatic heterocycles. The first-order valence-corrected chi connectivity index (χ1v) is 11.8. The van der Waals surface area contributed by atoms with E-state index < -0.39 is 0 Å². The number of hydrogen-bond acceptors (Lipinski definition) is 5. The van der Waals surface area contributed by atoms with Crippen LogP contribution in [0.4, 0.5) is 4.79 Å². The molecule has 0 saturated carbocycles. The lowest BCUT2D eigenvalue weighted by Crippen LogP contribution is -2.53. The largest absolute Gasteiger partial charge is 0.497 e. The number of benzene rings is 1. The molecule has 1 aromatic heterocycles.